The number of hydrogen-bond acceptors (Lipinski definition) is 5. The minimum absolute atomic E-state index is 0.324. The van der Waals surface area contributed by atoms with Gasteiger partial charge in [-0.05, 0) is 33.2 Å². The molecule has 0 radical (unpaired) electrons. The van der Waals surface area contributed by atoms with Crippen molar-refractivity contribution in [1.82, 2.24) is 25.2 Å². The fourth-order valence-electron chi connectivity index (χ4n) is 2.80. The van der Waals surface area contributed by atoms with Crippen LogP contribution in [0.4, 0.5) is 0 Å². The third-order valence-corrected chi connectivity index (χ3v) is 3.91. The molecule has 2 aromatic heterocycles. The molecule has 0 aliphatic carbocycles. The molecule has 1 N–H and O–H groups in total. The van der Waals surface area contributed by atoms with Crippen molar-refractivity contribution in [3.8, 4) is 0 Å². The lowest BCUT2D eigenvalue weighted by atomic mass is 10.0. The lowest BCUT2D eigenvalue weighted by Crippen LogP contribution is -2.33. The van der Waals surface area contributed by atoms with Crippen LogP contribution < -0.4 is 0 Å². The summed E-state index contributed by atoms with van der Waals surface area (Å²) in [5, 5.41) is 11.0. The van der Waals surface area contributed by atoms with Crippen LogP contribution in [0.1, 0.15) is 48.1 Å². The van der Waals surface area contributed by atoms with E-state index in [0.29, 0.717) is 6.04 Å². The first-order valence-corrected chi connectivity index (χ1v) is 6.77. The highest BCUT2D eigenvalue weighted by atomic mass is 16.5. The van der Waals surface area contributed by atoms with Gasteiger partial charge < -0.3 is 4.52 Å². The highest BCUT2D eigenvalue weighted by molar-refractivity contribution is 5.21. The maximum absolute atomic E-state index is 5.25. The van der Waals surface area contributed by atoms with Gasteiger partial charge in [-0.1, -0.05) is 11.6 Å². The van der Waals surface area contributed by atoms with Crippen LogP contribution in [0.3, 0.4) is 0 Å². The Balaban J connectivity index is 1.81. The molecule has 1 fully saturated rings. The molecule has 0 aromatic carbocycles. The van der Waals surface area contributed by atoms with E-state index >= 15 is 0 Å². The Labute approximate surface area is 112 Å². The maximum atomic E-state index is 5.25. The number of aromatic nitrogens is 4. The van der Waals surface area contributed by atoms with Gasteiger partial charge in [0.2, 0.25) is 0 Å². The number of rotatable bonds is 3. The van der Waals surface area contributed by atoms with Crippen molar-refractivity contribution in [2.24, 2.45) is 0 Å². The van der Waals surface area contributed by atoms with Gasteiger partial charge in [-0.3, -0.25) is 10.00 Å². The molecule has 0 saturated carbocycles. The van der Waals surface area contributed by atoms with E-state index < -0.39 is 0 Å². The Bertz CT molecular complexity index is 514. The molecular formula is C13H19N5O. The standard InChI is InChI=1S/C13H19N5O/c1-9-11(10(2)19-17-9)7-18-6-4-3-5-12(18)13-14-8-15-16-13/h8,12H,3-7H2,1-2H3,(H,14,15,16)/t12-/m0/s1. The zero-order valence-corrected chi connectivity index (χ0v) is 11.4. The summed E-state index contributed by atoms with van der Waals surface area (Å²) in [7, 11) is 0. The summed E-state index contributed by atoms with van der Waals surface area (Å²) < 4.78 is 5.25. The topological polar surface area (TPSA) is 70.8 Å². The molecule has 0 unspecified atom stereocenters. The Hall–Kier alpha value is -1.69. The molecular weight excluding hydrogens is 242 g/mol. The van der Waals surface area contributed by atoms with Crippen LogP contribution in [0.25, 0.3) is 0 Å². The number of likely N-dealkylation sites (tertiary alicyclic amines) is 1. The van der Waals surface area contributed by atoms with Crippen LogP contribution in [0.2, 0.25) is 0 Å². The second-order valence-electron chi connectivity index (χ2n) is 5.16. The van der Waals surface area contributed by atoms with Gasteiger partial charge in [0, 0.05) is 12.1 Å². The lowest BCUT2D eigenvalue weighted by molar-refractivity contribution is 0.133. The minimum atomic E-state index is 0.324. The van der Waals surface area contributed by atoms with E-state index in [0.717, 1.165) is 36.8 Å². The number of hydrogen-bond donors (Lipinski definition) is 1. The molecule has 1 atom stereocenters. The average molecular weight is 261 g/mol. The zero-order valence-electron chi connectivity index (χ0n) is 11.4. The summed E-state index contributed by atoms with van der Waals surface area (Å²) >= 11 is 0. The Morgan fingerprint density at radius 1 is 1.42 bits per heavy atom. The van der Waals surface area contributed by atoms with Crippen molar-refractivity contribution in [2.75, 3.05) is 6.54 Å². The van der Waals surface area contributed by atoms with E-state index in [2.05, 4.69) is 25.2 Å². The molecule has 2 aromatic rings. The average Bonchev–Trinajstić information content (AvgIpc) is 3.05. The number of nitrogens with one attached hydrogen (secondary N) is 1. The highest BCUT2D eigenvalue weighted by Crippen LogP contribution is 2.30. The molecule has 1 saturated heterocycles. The van der Waals surface area contributed by atoms with Crippen molar-refractivity contribution in [3.05, 3.63) is 29.2 Å². The number of aryl methyl sites for hydroxylation is 2. The molecule has 3 heterocycles. The third-order valence-electron chi connectivity index (χ3n) is 3.91. The first-order chi connectivity index (χ1) is 9.25. The first-order valence-electron chi connectivity index (χ1n) is 6.77. The molecule has 19 heavy (non-hydrogen) atoms. The molecule has 1 aliphatic rings. The van der Waals surface area contributed by atoms with Crippen molar-refractivity contribution in [2.45, 2.75) is 45.7 Å². The predicted octanol–water partition coefficient (Wildman–Crippen LogP) is 2.14. The molecule has 6 heteroatoms. The summed E-state index contributed by atoms with van der Waals surface area (Å²) in [6.07, 6.45) is 5.17. The van der Waals surface area contributed by atoms with Gasteiger partial charge >= 0.3 is 0 Å². The quantitative estimate of drug-likeness (QED) is 0.916. The number of aromatic amines is 1. The van der Waals surface area contributed by atoms with E-state index in [1.54, 1.807) is 6.33 Å². The van der Waals surface area contributed by atoms with Gasteiger partial charge in [0.05, 0.1) is 11.7 Å². The molecule has 0 bridgehead atoms. The van der Waals surface area contributed by atoms with Crippen molar-refractivity contribution < 1.29 is 4.52 Å². The molecule has 0 amide bonds. The predicted molar refractivity (Wildman–Crippen MR) is 69.4 cm³/mol. The van der Waals surface area contributed by atoms with E-state index in [-0.39, 0.29) is 0 Å². The van der Waals surface area contributed by atoms with Gasteiger partial charge in [-0.2, -0.15) is 5.10 Å². The third kappa shape index (κ3) is 2.40. The summed E-state index contributed by atoms with van der Waals surface area (Å²) in [6, 6.07) is 0.324. The molecule has 3 rings (SSSR count). The molecule has 0 spiro atoms. The van der Waals surface area contributed by atoms with Gasteiger partial charge in [-0.15, -0.1) is 0 Å². The van der Waals surface area contributed by atoms with Crippen molar-refractivity contribution in [3.63, 3.8) is 0 Å². The van der Waals surface area contributed by atoms with Crippen LogP contribution >= 0.6 is 0 Å². The number of piperidine rings is 1. The molecule has 6 nitrogen and oxygen atoms in total. The lowest BCUT2D eigenvalue weighted by Gasteiger charge is -2.34. The van der Waals surface area contributed by atoms with Crippen LogP contribution in [-0.2, 0) is 6.54 Å². The van der Waals surface area contributed by atoms with Gasteiger partial charge in [0.1, 0.15) is 17.9 Å². The summed E-state index contributed by atoms with van der Waals surface area (Å²) in [5.74, 6) is 1.88. The SMILES string of the molecule is Cc1noc(C)c1CN1CCCC[C@H]1c1ncn[nH]1. The first kappa shape index (κ1) is 12.3. The number of nitrogens with zero attached hydrogens (tertiary/aromatic N) is 4. The minimum Gasteiger partial charge on any atom is -0.361 e. The monoisotopic (exact) mass is 261 g/mol. The van der Waals surface area contributed by atoms with E-state index in [1.807, 2.05) is 13.8 Å². The van der Waals surface area contributed by atoms with E-state index in [9.17, 15) is 0 Å². The Kier molecular flexibility index (Phi) is 3.33. The zero-order chi connectivity index (χ0) is 13.2. The van der Waals surface area contributed by atoms with Crippen LogP contribution in [0, 0.1) is 13.8 Å². The molecule has 1 aliphatic heterocycles. The van der Waals surface area contributed by atoms with Crippen molar-refractivity contribution >= 4 is 0 Å². The Morgan fingerprint density at radius 2 is 2.32 bits per heavy atom. The normalized spacial score (nSPS) is 20.8. The second-order valence-corrected chi connectivity index (χ2v) is 5.16. The summed E-state index contributed by atoms with van der Waals surface area (Å²) in [5.41, 5.74) is 2.19. The fourth-order valence-corrected chi connectivity index (χ4v) is 2.80. The largest absolute Gasteiger partial charge is 0.361 e. The van der Waals surface area contributed by atoms with Crippen molar-refractivity contribution in [1.29, 1.82) is 0 Å². The summed E-state index contributed by atoms with van der Waals surface area (Å²) in [4.78, 5) is 6.76. The smallest absolute Gasteiger partial charge is 0.141 e. The maximum Gasteiger partial charge on any atom is 0.141 e. The van der Waals surface area contributed by atoms with Crippen LogP contribution in [-0.4, -0.2) is 31.8 Å². The molecule has 102 valence electrons. The summed E-state index contributed by atoms with van der Waals surface area (Å²) in [6.45, 7) is 5.92. The highest BCUT2D eigenvalue weighted by Gasteiger charge is 2.27. The second kappa shape index (κ2) is 5.13. The van der Waals surface area contributed by atoms with E-state index in [4.69, 9.17) is 4.52 Å². The Morgan fingerprint density at radius 3 is 3.00 bits per heavy atom. The van der Waals surface area contributed by atoms with E-state index in [1.165, 1.54) is 18.4 Å². The van der Waals surface area contributed by atoms with Crippen LogP contribution in [0.15, 0.2) is 10.9 Å². The van der Waals surface area contributed by atoms with Gasteiger partial charge in [0.15, 0.2) is 0 Å². The van der Waals surface area contributed by atoms with Gasteiger partial charge in [-0.25, -0.2) is 4.98 Å². The van der Waals surface area contributed by atoms with Gasteiger partial charge in [0.25, 0.3) is 0 Å². The number of H-pyrrole nitrogens is 1. The fraction of sp³-hybridized carbons (Fsp3) is 0.615. The van der Waals surface area contributed by atoms with Crippen LogP contribution in [0.5, 0.6) is 0 Å².